The minimum absolute atomic E-state index is 0.00611. The van der Waals surface area contributed by atoms with E-state index in [0.717, 1.165) is 12.1 Å². The number of rotatable bonds is 3. The van der Waals surface area contributed by atoms with Gasteiger partial charge in [-0.2, -0.15) is 13.2 Å². The molecule has 1 aromatic carbocycles. The van der Waals surface area contributed by atoms with Crippen molar-refractivity contribution in [2.45, 2.75) is 24.7 Å². The third-order valence-electron chi connectivity index (χ3n) is 2.23. The van der Waals surface area contributed by atoms with Crippen LogP contribution in [0.3, 0.4) is 0 Å². The zero-order valence-corrected chi connectivity index (χ0v) is 9.26. The molecule has 0 heterocycles. The first-order chi connectivity index (χ1) is 7.71. The van der Waals surface area contributed by atoms with Crippen LogP contribution in [0.2, 0.25) is 5.02 Å². The standard InChI is InChI=1S/C10H10ClF4NO/c11-6-2-1-5(3-7(6)12)8(17)4-9(16)10(13,14)15/h1-3,8-9,17H,4,16H2/t8-,9+/m0/s1. The highest BCUT2D eigenvalue weighted by atomic mass is 35.5. The Kier molecular flexibility index (Phi) is 4.35. The van der Waals surface area contributed by atoms with Gasteiger partial charge in [-0.25, -0.2) is 4.39 Å². The fourth-order valence-electron chi connectivity index (χ4n) is 1.23. The van der Waals surface area contributed by atoms with Crippen LogP contribution in [0.1, 0.15) is 18.1 Å². The molecule has 7 heteroatoms. The molecule has 0 fully saturated rings. The number of hydrogen-bond donors (Lipinski definition) is 2. The molecule has 0 bridgehead atoms. The van der Waals surface area contributed by atoms with Crippen LogP contribution in [0.5, 0.6) is 0 Å². The Morgan fingerprint density at radius 1 is 1.35 bits per heavy atom. The lowest BCUT2D eigenvalue weighted by Gasteiger charge is -2.19. The van der Waals surface area contributed by atoms with Crippen molar-refractivity contribution in [3.63, 3.8) is 0 Å². The van der Waals surface area contributed by atoms with Gasteiger partial charge in [0.2, 0.25) is 0 Å². The molecular formula is C10H10ClF4NO. The van der Waals surface area contributed by atoms with E-state index in [0.29, 0.717) is 0 Å². The summed E-state index contributed by atoms with van der Waals surface area (Å²) in [6.07, 6.45) is -6.81. The van der Waals surface area contributed by atoms with Crippen molar-refractivity contribution in [2.75, 3.05) is 0 Å². The number of benzene rings is 1. The Morgan fingerprint density at radius 3 is 2.41 bits per heavy atom. The molecule has 0 aliphatic heterocycles. The molecule has 1 rings (SSSR count). The van der Waals surface area contributed by atoms with Crippen molar-refractivity contribution in [3.05, 3.63) is 34.6 Å². The maximum absolute atomic E-state index is 13.0. The number of aliphatic hydroxyl groups excluding tert-OH is 1. The lowest BCUT2D eigenvalue weighted by Crippen LogP contribution is -2.38. The Hall–Kier alpha value is -0.850. The van der Waals surface area contributed by atoms with E-state index < -0.39 is 30.6 Å². The van der Waals surface area contributed by atoms with Crippen molar-refractivity contribution in [1.29, 1.82) is 0 Å². The van der Waals surface area contributed by atoms with Crippen LogP contribution in [0.15, 0.2) is 18.2 Å². The Balaban J connectivity index is 2.76. The van der Waals surface area contributed by atoms with Crippen molar-refractivity contribution in [1.82, 2.24) is 0 Å². The SMILES string of the molecule is N[C@H](C[C@H](O)c1ccc(Cl)c(F)c1)C(F)(F)F. The van der Waals surface area contributed by atoms with Crippen molar-refractivity contribution < 1.29 is 22.7 Å². The number of alkyl halides is 3. The second-order valence-electron chi connectivity index (χ2n) is 3.57. The van der Waals surface area contributed by atoms with E-state index in [4.69, 9.17) is 17.3 Å². The van der Waals surface area contributed by atoms with Crippen LogP contribution in [0.25, 0.3) is 0 Å². The van der Waals surface area contributed by atoms with E-state index in [1.807, 2.05) is 0 Å². The lowest BCUT2D eigenvalue weighted by molar-refractivity contribution is -0.153. The number of aliphatic hydroxyl groups is 1. The van der Waals surface area contributed by atoms with E-state index in [1.54, 1.807) is 0 Å². The topological polar surface area (TPSA) is 46.2 Å². The quantitative estimate of drug-likeness (QED) is 0.831. The van der Waals surface area contributed by atoms with Crippen LogP contribution in [0.4, 0.5) is 17.6 Å². The van der Waals surface area contributed by atoms with Crippen molar-refractivity contribution >= 4 is 11.6 Å². The molecule has 0 radical (unpaired) electrons. The normalized spacial score (nSPS) is 15.7. The summed E-state index contributed by atoms with van der Waals surface area (Å²) in [6, 6.07) is 1.14. The second-order valence-corrected chi connectivity index (χ2v) is 3.98. The van der Waals surface area contributed by atoms with E-state index in [1.165, 1.54) is 6.07 Å². The van der Waals surface area contributed by atoms with Gasteiger partial charge in [0.15, 0.2) is 0 Å². The van der Waals surface area contributed by atoms with Crippen molar-refractivity contribution in [2.24, 2.45) is 5.73 Å². The minimum atomic E-state index is -4.59. The Morgan fingerprint density at radius 2 is 1.94 bits per heavy atom. The largest absolute Gasteiger partial charge is 0.403 e. The van der Waals surface area contributed by atoms with Crippen LogP contribution >= 0.6 is 11.6 Å². The number of halogens is 5. The minimum Gasteiger partial charge on any atom is -0.388 e. The van der Waals surface area contributed by atoms with Gasteiger partial charge in [0.05, 0.1) is 11.1 Å². The summed E-state index contributed by atoms with van der Waals surface area (Å²) < 4.78 is 49.4. The fourth-order valence-corrected chi connectivity index (χ4v) is 1.35. The van der Waals surface area contributed by atoms with Gasteiger partial charge in [-0.15, -0.1) is 0 Å². The first kappa shape index (κ1) is 14.2. The summed E-state index contributed by atoms with van der Waals surface area (Å²) in [5, 5.41) is 9.31. The highest BCUT2D eigenvalue weighted by molar-refractivity contribution is 6.30. The third kappa shape index (κ3) is 3.83. The molecule has 2 nitrogen and oxygen atoms in total. The first-order valence-electron chi connectivity index (χ1n) is 4.67. The van der Waals surface area contributed by atoms with Gasteiger partial charge in [-0.3, -0.25) is 0 Å². The van der Waals surface area contributed by atoms with Crippen LogP contribution in [-0.4, -0.2) is 17.3 Å². The molecule has 17 heavy (non-hydrogen) atoms. The molecule has 0 aliphatic rings. The van der Waals surface area contributed by atoms with E-state index in [-0.39, 0.29) is 10.6 Å². The molecule has 3 N–H and O–H groups in total. The summed E-state index contributed by atoms with van der Waals surface area (Å²) in [7, 11) is 0. The van der Waals surface area contributed by atoms with Gasteiger partial charge in [0.1, 0.15) is 11.9 Å². The van der Waals surface area contributed by atoms with Gasteiger partial charge in [-0.1, -0.05) is 17.7 Å². The lowest BCUT2D eigenvalue weighted by atomic mass is 10.0. The zero-order valence-electron chi connectivity index (χ0n) is 8.51. The number of hydrogen-bond acceptors (Lipinski definition) is 2. The van der Waals surface area contributed by atoms with Crippen LogP contribution < -0.4 is 5.73 Å². The smallest absolute Gasteiger partial charge is 0.388 e. The van der Waals surface area contributed by atoms with Gasteiger partial charge in [-0.05, 0) is 17.7 Å². The monoisotopic (exact) mass is 271 g/mol. The molecule has 0 saturated heterocycles. The average Bonchev–Trinajstić information content (AvgIpc) is 2.20. The highest BCUT2D eigenvalue weighted by Gasteiger charge is 2.37. The van der Waals surface area contributed by atoms with E-state index >= 15 is 0 Å². The molecule has 1 aromatic rings. The molecule has 0 saturated carbocycles. The molecule has 0 amide bonds. The fraction of sp³-hybridized carbons (Fsp3) is 0.400. The Bertz CT molecular complexity index is 396. The van der Waals surface area contributed by atoms with E-state index in [9.17, 15) is 22.7 Å². The molecule has 0 unspecified atom stereocenters. The average molecular weight is 272 g/mol. The summed E-state index contributed by atoms with van der Waals surface area (Å²) in [5.41, 5.74) is 4.86. The summed E-state index contributed by atoms with van der Waals surface area (Å²) in [4.78, 5) is 0. The zero-order chi connectivity index (χ0) is 13.2. The van der Waals surface area contributed by atoms with Gasteiger partial charge in [0.25, 0.3) is 0 Å². The first-order valence-corrected chi connectivity index (χ1v) is 5.05. The summed E-state index contributed by atoms with van der Waals surface area (Å²) >= 11 is 5.40. The van der Waals surface area contributed by atoms with Gasteiger partial charge < -0.3 is 10.8 Å². The van der Waals surface area contributed by atoms with Gasteiger partial charge >= 0.3 is 6.18 Å². The molecule has 96 valence electrons. The summed E-state index contributed by atoms with van der Waals surface area (Å²) in [5.74, 6) is -0.802. The summed E-state index contributed by atoms with van der Waals surface area (Å²) in [6.45, 7) is 0. The predicted molar refractivity (Wildman–Crippen MR) is 55.0 cm³/mol. The molecule has 2 atom stereocenters. The maximum atomic E-state index is 13.0. The molecule has 0 aliphatic carbocycles. The van der Waals surface area contributed by atoms with Crippen LogP contribution in [-0.2, 0) is 0 Å². The molecular weight excluding hydrogens is 262 g/mol. The highest BCUT2D eigenvalue weighted by Crippen LogP contribution is 2.28. The molecule has 0 aromatic heterocycles. The second kappa shape index (κ2) is 5.20. The maximum Gasteiger partial charge on any atom is 0.403 e. The van der Waals surface area contributed by atoms with Gasteiger partial charge in [0, 0.05) is 6.42 Å². The van der Waals surface area contributed by atoms with Crippen LogP contribution in [0, 0.1) is 5.82 Å². The Labute approximate surface area is 100.0 Å². The molecule has 0 spiro atoms. The third-order valence-corrected chi connectivity index (χ3v) is 2.53. The number of nitrogens with two attached hydrogens (primary N) is 1. The predicted octanol–water partition coefficient (Wildman–Crippen LogP) is 2.79. The van der Waals surface area contributed by atoms with E-state index in [2.05, 4.69) is 0 Å². The van der Waals surface area contributed by atoms with Crippen molar-refractivity contribution in [3.8, 4) is 0 Å².